The molecule has 0 fully saturated rings. The summed E-state index contributed by atoms with van der Waals surface area (Å²) >= 11 is 6.43. The molecule has 31 heavy (non-hydrogen) atoms. The molecule has 4 rings (SSSR count). The average molecular weight is 529 g/mol. The summed E-state index contributed by atoms with van der Waals surface area (Å²) in [5.41, 5.74) is 3.80. The number of hydrogen-bond acceptors (Lipinski definition) is 5. The summed E-state index contributed by atoms with van der Waals surface area (Å²) in [4.78, 5) is 14.5. The monoisotopic (exact) mass is 528 g/mol. The van der Waals surface area contributed by atoms with E-state index in [1.165, 1.54) is 10.4 Å². The van der Waals surface area contributed by atoms with Gasteiger partial charge in [0.25, 0.3) is 0 Å². The molecule has 5 nitrogen and oxygen atoms in total. The molecule has 0 atom stereocenters. The second-order valence-electron chi connectivity index (χ2n) is 7.53. The molecule has 2 aromatic rings. The molecule has 1 radical (unpaired) electrons. The number of thiophene rings is 2. The quantitative estimate of drug-likeness (QED) is 0.488. The van der Waals surface area contributed by atoms with Crippen molar-refractivity contribution in [2.75, 3.05) is 18.5 Å². The predicted octanol–water partition coefficient (Wildman–Crippen LogP) is 4.35. The Morgan fingerprint density at radius 1 is 1.29 bits per heavy atom. The van der Waals surface area contributed by atoms with Crippen LogP contribution >= 0.6 is 38.6 Å². The summed E-state index contributed by atoms with van der Waals surface area (Å²) in [7, 11) is 6.10. The van der Waals surface area contributed by atoms with Crippen LogP contribution in [0.5, 0.6) is 0 Å². The van der Waals surface area contributed by atoms with Crippen LogP contribution in [0.4, 0.5) is 18.6 Å². The Morgan fingerprint density at radius 3 is 2.87 bits per heavy atom. The fraction of sp³-hybridized carbons (Fsp3) is 0.500. The molecule has 3 heterocycles. The molecule has 1 aliphatic carbocycles. The van der Waals surface area contributed by atoms with Crippen LogP contribution in [0.3, 0.4) is 0 Å². The fourth-order valence-electron chi connectivity index (χ4n) is 3.99. The molecule has 11 heteroatoms. The normalized spacial score (nSPS) is 16.9. The van der Waals surface area contributed by atoms with E-state index < -0.39 is 12.0 Å². The molecule has 0 saturated heterocycles. The van der Waals surface area contributed by atoms with Crippen LogP contribution in [0.2, 0.25) is 0 Å². The van der Waals surface area contributed by atoms with Crippen molar-refractivity contribution in [3.8, 4) is 0 Å². The number of nitrogens with one attached hydrogen (secondary N) is 3. The molecule has 0 spiro atoms. The van der Waals surface area contributed by atoms with Crippen molar-refractivity contribution >= 4 is 62.8 Å². The van der Waals surface area contributed by atoms with E-state index in [1.54, 1.807) is 18.3 Å². The molecule has 0 unspecified atom stereocenters. The molecule has 1 aliphatic heterocycles. The van der Waals surface area contributed by atoms with Gasteiger partial charge in [-0.15, -0.1) is 0 Å². The van der Waals surface area contributed by atoms with E-state index in [0.29, 0.717) is 28.6 Å². The van der Waals surface area contributed by atoms with Crippen molar-refractivity contribution in [3.05, 3.63) is 35.8 Å². The second-order valence-corrected chi connectivity index (χ2v) is 11.1. The Balaban J connectivity index is 1.51. The van der Waals surface area contributed by atoms with Crippen molar-refractivity contribution in [1.82, 2.24) is 10.6 Å². The van der Waals surface area contributed by atoms with Gasteiger partial charge < -0.3 is 0 Å². The van der Waals surface area contributed by atoms with Crippen molar-refractivity contribution < 1.29 is 18.3 Å². The average Bonchev–Trinajstić information content (AvgIpc) is 3.21. The van der Waals surface area contributed by atoms with Gasteiger partial charge in [0, 0.05) is 0 Å². The summed E-state index contributed by atoms with van der Waals surface area (Å²) in [6, 6.07) is -0.406. The van der Waals surface area contributed by atoms with Gasteiger partial charge in [-0.2, -0.15) is 0 Å². The molecule has 0 saturated carbocycles. The maximum absolute atomic E-state index is 13.9. The Hall–Kier alpha value is -1.30. The first-order chi connectivity index (χ1) is 14.8. The van der Waals surface area contributed by atoms with Crippen LogP contribution in [0.15, 0.2) is 3.79 Å². The molecular weight excluding hydrogens is 507 g/mol. The first-order valence-corrected chi connectivity index (χ1v) is 12.5. The van der Waals surface area contributed by atoms with Gasteiger partial charge in [-0.25, -0.2) is 0 Å². The van der Waals surface area contributed by atoms with Crippen LogP contribution < -0.4 is 16.0 Å². The van der Waals surface area contributed by atoms with Gasteiger partial charge in [-0.3, -0.25) is 0 Å². The van der Waals surface area contributed by atoms with Gasteiger partial charge in [0.1, 0.15) is 0 Å². The Morgan fingerprint density at radius 2 is 2.10 bits per heavy atom. The Kier molecular flexibility index (Phi) is 6.86. The molecule has 2 amide bonds. The number of ether oxygens (including phenoxy) is 1. The third kappa shape index (κ3) is 4.89. The van der Waals surface area contributed by atoms with Gasteiger partial charge in [0.2, 0.25) is 0 Å². The number of carbonyl (C=O) groups excluding carboxylic acids is 1. The molecule has 2 aromatic heterocycles. The summed E-state index contributed by atoms with van der Waals surface area (Å²) in [6.07, 6.45) is 0.546. The number of fused-ring (bicyclic) bond motifs is 2. The number of anilines is 1. The first kappa shape index (κ1) is 22.9. The molecule has 2 aliphatic rings. The summed E-state index contributed by atoms with van der Waals surface area (Å²) in [5, 5.41) is 9.50. The SMILES string of the molecule is [B]=C(OCC)c1c(NC(=O)NCc2c(Br)sc3c2CCNC3)sc2c1CCC(F)(F)C2. The van der Waals surface area contributed by atoms with Crippen LogP contribution in [0.1, 0.15) is 45.4 Å². The molecule has 3 N–H and O–H groups in total. The summed E-state index contributed by atoms with van der Waals surface area (Å²) in [5.74, 6) is -2.74. The van der Waals surface area contributed by atoms with E-state index >= 15 is 0 Å². The van der Waals surface area contributed by atoms with Gasteiger partial charge in [0.15, 0.2) is 0 Å². The number of amides is 2. The standard InChI is InChI=1S/C20H22BBrF2N3O2S2/c1-2-29-16(21)15-11-3-5-20(23,24)7-13(11)31-18(15)27-19(28)26-8-12-10-4-6-25-9-14(10)30-17(12)22/h25H,2-9H2,1H3,(H2,26,27,28). The minimum atomic E-state index is -2.74. The zero-order chi connectivity index (χ0) is 22.2. The van der Waals surface area contributed by atoms with E-state index in [4.69, 9.17) is 12.2 Å². The number of halogens is 3. The number of carbonyl (C=O) groups is 1. The van der Waals surface area contributed by atoms with Gasteiger partial charge >= 0.3 is 198 Å². The van der Waals surface area contributed by atoms with Crippen molar-refractivity contribution in [2.45, 2.75) is 51.6 Å². The third-order valence-corrected chi connectivity index (χ3v) is 8.61. The van der Waals surface area contributed by atoms with Crippen molar-refractivity contribution in [1.29, 1.82) is 0 Å². The van der Waals surface area contributed by atoms with Crippen LogP contribution in [0, 0.1) is 0 Å². The van der Waals surface area contributed by atoms with Crippen molar-refractivity contribution in [2.24, 2.45) is 0 Å². The number of alkyl halides is 2. The number of hydrogen-bond donors (Lipinski definition) is 3. The topological polar surface area (TPSA) is 62.4 Å². The fourth-order valence-corrected chi connectivity index (χ4v) is 7.34. The van der Waals surface area contributed by atoms with Gasteiger partial charge in [-0.1, -0.05) is 0 Å². The van der Waals surface area contributed by atoms with Crippen LogP contribution in [0.25, 0.3) is 0 Å². The zero-order valence-electron chi connectivity index (χ0n) is 17.0. The second kappa shape index (κ2) is 9.29. The van der Waals surface area contributed by atoms with E-state index in [2.05, 4.69) is 31.9 Å². The van der Waals surface area contributed by atoms with Crippen molar-refractivity contribution in [3.63, 3.8) is 0 Å². The number of urea groups is 1. The van der Waals surface area contributed by atoms with E-state index in [0.717, 1.165) is 45.8 Å². The third-order valence-electron chi connectivity index (χ3n) is 5.44. The van der Waals surface area contributed by atoms with Crippen LogP contribution in [-0.4, -0.2) is 38.2 Å². The van der Waals surface area contributed by atoms with E-state index in [-0.39, 0.29) is 24.9 Å². The Bertz CT molecular complexity index is 1020. The van der Waals surface area contributed by atoms with Gasteiger partial charge in [0.05, 0.1) is 0 Å². The van der Waals surface area contributed by atoms with E-state index in [1.807, 2.05) is 0 Å². The minimum absolute atomic E-state index is 0.155. The first-order valence-electron chi connectivity index (χ1n) is 10.1. The Labute approximate surface area is 197 Å². The van der Waals surface area contributed by atoms with Gasteiger partial charge in [-0.05, 0) is 0 Å². The van der Waals surface area contributed by atoms with E-state index in [9.17, 15) is 13.6 Å². The molecular formula is C20H22BBrF2N3O2S2. The molecule has 0 bridgehead atoms. The van der Waals surface area contributed by atoms with Crippen LogP contribution in [-0.2, 0) is 37.1 Å². The maximum atomic E-state index is 13.9. The predicted molar refractivity (Wildman–Crippen MR) is 126 cm³/mol. The summed E-state index contributed by atoms with van der Waals surface area (Å²) in [6.45, 7) is 4.28. The zero-order valence-corrected chi connectivity index (χ0v) is 20.2. The summed E-state index contributed by atoms with van der Waals surface area (Å²) < 4.78 is 34.3. The molecule has 0 aromatic carbocycles. The number of rotatable bonds is 6. The molecule has 165 valence electrons.